The van der Waals surface area contributed by atoms with E-state index in [1.54, 1.807) is 31.2 Å². The quantitative estimate of drug-likeness (QED) is 0.625. The van der Waals surface area contributed by atoms with Gasteiger partial charge in [-0.05, 0) is 37.6 Å². The van der Waals surface area contributed by atoms with Crippen LogP contribution in [0.2, 0.25) is 0 Å². The topological polar surface area (TPSA) is 76.2 Å². The Kier molecular flexibility index (Phi) is 3.67. The number of hydrogen-bond donors (Lipinski definition) is 0. The second kappa shape index (κ2) is 5.41. The van der Waals surface area contributed by atoms with E-state index >= 15 is 0 Å². The minimum atomic E-state index is -0.456. The van der Waals surface area contributed by atoms with Gasteiger partial charge in [-0.2, -0.15) is 5.26 Å². The first kappa shape index (κ1) is 13.6. The molecule has 0 saturated carbocycles. The summed E-state index contributed by atoms with van der Waals surface area (Å²) in [5.74, 6) is 0.765. The third-order valence-electron chi connectivity index (χ3n) is 2.93. The Morgan fingerprint density at radius 1 is 1.20 bits per heavy atom. The SMILES string of the molecule is Cc1ccc(Oc2cccc([N+](=O)[O-])c2C)c(C#N)c1. The standard InChI is InChI=1S/C15H12N2O3/c1-10-6-7-15(12(8-10)9-16)20-14-5-3-4-13(11(14)2)17(18)19/h3-8H,1-2H3. The summed E-state index contributed by atoms with van der Waals surface area (Å²) in [5, 5.41) is 20.0. The molecule has 0 spiro atoms. The molecule has 0 aliphatic heterocycles. The van der Waals surface area contributed by atoms with Gasteiger partial charge in [-0.25, -0.2) is 0 Å². The Labute approximate surface area is 116 Å². The highest BCUT2D eigenvalue weighted by atomic mass is 16.6. The molecule has 0 amide bonds. The van der Waals surface area contributed by atoms with E-state index in [0.717, 1.165) is 5.56 Å². The number of benzene rings is 2. The first-order valence-corrected chi connectivity index (χ1v) is 5.95. The molecule has 100 valence electrons. The van der Waals surface area contributed by atoms with E-state index in [2.05, 4.69) is 6.07 Å². The van der Waals surface area contributed by atoms with Crippen molar-refractivity contribution in [3.8, 4) is 17.6 Å². The summed E-state index contributed by atoms with van der Waals surface area (Å²) >= 11 is 0. The molecule has 0 aliphatic rings. The van der Waals surface area contributed by atoms with Crippen molar-refractivity contribution in [2.45, 2.75) is 13.8 Å². The highest BCUT2D eigenvalue weighted by Gasteiger charge is 2.15. The van der Waals surface area contributed by atoms with Gasteiger partial charge in [0.15, 0.2) is 0 Å². The van der Waals surface area contributed by atoms with Crippen LogP contribution < -0.4 is 4.74 Å². The monoisotopic (exact) mass is 268 g/mol. The van der Waals surface area contributed by atoms with Crippen LogP contribution >= 0.6 is 0 Å². The Hall–Kier alpha value is -2.87. The fraction of sp³-hybridized carbons (Fsp3) is 0.133. The Balaban J connectivity index is 2.44. The van der Waals surface area contributed by atoms with Gasteiger partial charge in [0.25, 0.3) is 5.69 Å². The van der Waals surface area contributed by atoms with Gasteiger partial charge < -0.3 is 4.74 Å². The molecule has 0 aliphatic carbocycles. The van der Waals surface area contributed by atoms with Gasteiger partial charge in [0, 0.05) is 6.07 Å². The lowest BCUT2D eigenvalue weighted by atomic mass is 10.1. The van der Waals surface area contributed by atoms with Gasteiger partial charge in [0.1, 0.15) is 17.6 Å². The molecule has 0 saturated heterocycles. The van der Waals surface area contributed by atoms with Crippen LogP contribution in [-0.4, -0.2) is 4.92 Å². The lowest BCUT2D eigenvalue weighted by Gasteiger charge is -2.10. The zero-order chi connectivity index (χ0) is 14.7. The molecule has 0 N–H and O–H groups in total. The molecular weight excluding hydrogens is 256 g/mol. The lowest BCUT2D eigenvalue weighted by molar-refractivity contribution is -0.385. The maximum absolute atomic E-state index is 10.9. The Morgan fingerprint density at radius 2 is 1.95 bits per heavy atom. The molecule has 0 fully saturated rings. The summed E-state index contributed by atoms with van der Waals surface area (Å²) in [6, 6.07) is 11.9. The zero-order valence-corrected chi connectivity index (χ0v) is 11.1. The summed E-state index contributed by atoms with van der Waals surface area (Å²) in [4.78, 5) is 10.4. The van der Waals surface area contributed by atoms with Gasteiger partial charge >= 0.3 is 0 Å². The molecule has 2 aromatic rings. The van der Waals surface area contributed by atoms with Crippen molar-refractivity contribution in [3.05, 3.63) is 63.2 Å². The molecule has 0 radical (unpaired) electrons. The van der Waals surface area contributed by atoms with Crippen LogP contribution in [0, 0.1) is 35.3 Å². The summed E-state index contributed by atoms with van der Waals surface area (Å²) in [5.41, 5.74) is 1.77. The number of ether oxygens (including phenoxy) is 1. The van der Waals surface area contributed by atoms with Crippen molar-refractivity contribution < 1.29 is 9.66 Å². The molecule has 2 aromatic carbocycles. The highest BCUT2D eigenvalue weighted by Crippen LogP contribution is 2.32. The number of nitro groups is 1. The minimum Gasteiger partial charge on any atom is -0.455 e. The number of hydrogen-bond acceptors (Lipinski definition) is 4. The average molecular weight is 268 g/mol. The fourth-order valence-corrected chi connectivity index (χ4v) is 1.85. The number of aryl methyl sites for hydroxylation is 1. The smallest absolute Gasteiger partial charge is 0.276 e. The van der Waals surface area contributed by atoms with E-state index in [9.17, 15) is 10.1 Å². The van der Waals surface area contributed by atoms with E-state index < -0.39 is 4.92 Å². The fourth-order valence-electron chi connectivity index (χ4n) is 1.85. The van der Waals surface area contributed by atoms with Crippen LogP contribution in [0.15, 0.2) is 36.4 Å². The highest BCUT2D eigenvalue weighted by molar-refractivity contribution is 5.52. The van der Waals surface area contributed by atoms with Gasteiger partial charge in [0.05, 0.1) is 16.1 Å². The predicted octanol–water partition coefficient (Wildman–Crippen LogP) is 3.88. The van der Waals surface area contributed by atoms with E-state index in [4.69, 9.17) is 10.00 Å². The van der Waals surface area contributed by atoms with Gasteiger partial charge in [-0.3, -0.25) is 10.1 Å². The third kappa shape index (κ3) is 2.59. The van der Waals surface area contributed by atoms with Crippen molar-refractivity contribution in [1.82, 2.24) is 0 Å². The molecule has 5 heteroatoms. The largest absolute Gasteiger partial charge is 0.455 e. The van der Waals surface area contributed by atoms with Crippen molar-refractivity contribution in [1.29, 1.82) is 5.26 Å². The summed E-state index contributed by atoms with van der Waals surface area (Å²) in [7, 11) is 0. The van der Waals surface area contributed by atoms with E-state index in [1.807, 2.05) is 13.0 Å². The van der Waals surface area contributed by atoms with Crippen LogP contribution in [0.25, 0.3) is 0 Å². The Morgan fingerprint density at radius 3 is 2.60 bits per heavy atom. The summed E-state index contributed by atoms with van der Waals surface area (Å²) in [6.45, 7) is 3.50. The van der Waals surface area contributed by atoms with Gasteiger partial charge in [0.2, 0.25) is 0 Å². The van der Waals surface area contributed by atoms with Crippen LogP contribution in [0.5, 0.6) is 11.5 Å². The van der Waals surface area contributed by atoms with Crippen LogP contribution in [0.1, 0.15) is 16.7 Å². The second-order valence-corrected chi connectivity index (χ2v) is 4.37. The van der Waals surface area contributed by atoms with E-state index in [-0.39, 0.29) is 5.69 Å². The molecule has 20 heavy (non-hydrogen) atoms. The number of nitro benzene ring substituents is 1. The molecule has 0 atom stereocenters. The minimum absolute atomic E-state index is 0.00637. The van der Waals surface area contributed by atoms with Gasteiger partial charge in [-0.15, -0.1) is 0 Å². The molecular formula is C15H12N2O3. The van der Waals surface area contributed by atoms with Crippen LogP contribution in [-0.2, 0) is 0 Å². The van der Waals surface area contributed by atoms with Crippen molar-refractivity contribution >= 4 is 5.69 Å². The first-order chi connectivity index (χ1) is 9.52. The Bertz CT molecular complexity index is 718. The van der Waals surface area contributed by atoms with E-state index in [1.165, 1.54) is 6.07 Å². The molecule has 5 nitrogen and oxygen atoms in total. The van der Waals surface area contributed by atoms with E-state index in [0.29, 0.717) is 22.6 Å². The molecule has 2 rings (SSSR count). The van der Waals surface area contributed by atoms with Crippen molar-refractivity contribution in [2.24, 2.45) is 0 Å². The van der Waals surface area contributed by atoms with Crippen LogP contribution in [0.4, 0.5) is 5.69 Å². The zero-order valence-electron chi connectivity index (χ0n) is 11.1. The third-order valence-corrected chi connectivity index (χ3v) is 2.93. The van der Waals surface area contributed by atoms with Crippen LogP contribution in [0.3, 0.4) is 0 Å². The first-order valence-electron chi connectivity index (χ1n) is 5.95. The molecule has 0 bridgehead atoms. The predicted molar refractivity (Wildman–Crippen MR) is 73.8 cm³/mol. The number of rotatable bonds is 3. The normalized spacial score (nSPS) is 9.85. The molecule has 0 unspecified atom stereocenters. The van der Waals surface area contributed by atoms with Gasteiger partial charge in [-0.1, -0.05) is 12.1 Å². The van der Waals surface area contributed by atoms with Crippen molar-refractivity contribution in [3.63, 3.8) is 0 Å². The van der Waals surface area contributed by atoms with Crippen molar-refractivity contribution in [2.75, 3.05) is 0 Å². The molecule has 0 aromatic heterocycles. The molecule has 0 heterocycles. The maximum Gasteiger partial charge on any atom is 0.276 e. The second-order valence-electron chi connectivity index (χ2n) is 4.37. The lowest BCUT2D eigenvalue weighted by Crippen LogP contribution is -1.95. The maximum atomic E-state index is 10.9. The number of nitrogens with zero attached hydrogens (tertiary/aromatic N) is 2. The summed E-state index contributed by atoms with van der Waals surface area (Å²) in [6.07, 6.45) is 0. The number of nitriles is 1. The summed E-state index contributed by atoms with van der Waals surface area (Å²) < 4.78 is 5.65. The average Bonchev–Trinajstić information content (AvgIpc) is 2.42.